The van der Waals surface area contributed by atoms with E-state index in [1.807, 2.05) is 135 Å². The molecule has 9 heteroatoms. The van der Waals surface area contributed by atoms with Crippen LogP contribution in [-0.2, 0) is 30.6 Å². The van der Waals surface area contributed by atoms with Gasteiger partial charge in [-0.1, -0.05) is 197 Å². The minimum Gasteiger partial charge on any atom is -0.383 e. The monoisotopic (exact) mass is 868 g/mol. The lowest BCUT2D eigenvalue weighted by Gasteiger charge is -2.47. The number of hydrogen-bond acceptors (Lipinski definition) is 6. The van der Waals surface area contributed by atoms with Gasteiger partial charge in [0.15, 0.2) is 0 Å². The molecule has 0 aliphatic carbocycles. The van der Waals surface area contributed by atoms with Crippen molar-refractivity contribution in [3.05, 3.63) is 106 Å². The van der Waals surface area contributed by atoms with Crippen molar-refractivity contribution in [3.63, 3.8) is 0 Å². The fourth-order valence-corrected chi connectivity index (χ4v) is 9.22. The molecule has 1 aliphatic rings. The van der Waals surface area contributed by atoms with Gasteiger partial charge in [-0.15, -0.1) is 0 Å². The van der Waals surface area contributed by atoms with Crippen molar-refractivity contribution in [2.45, 2.75) is 177 Å². The lowest BCUT2D eigenvalue weighted by molar-refractivity contribution is -0.172. The SMILES string of the molecule is CC(C)(C)c1cccc(C(C(O)C(=O)N2CN(C(=O)C(O)C(c3cccc(C(C)(C)C)c3)C(C)(C)C)CN(C(=O)C(O)C(c3cccc(C(C)(C)C)c3)C(C)(C)C)C2)C(C)(C)C)c1. The fourth-order valence-electron chi connectivity index (χ4n) is 9.22. The Morgan fingerprint density at radius 2 is 0.603 bits per heavy atom. The maximum Gasteiger partial charge on any atom is 0.254 e. The molecule has 1 saturated heterocycles. The molecular weight excluding hydrogens is 787 g/mol. The maximum absolute atomic E-state index is 14.9. The first-order valence-electron chi connectivity index (χ1n) is 22.8. The van der Waals surface area contributed by atoms with Crippen molar-refractivity contribution in [2.24, 2.45) is 16.2 Å². The van der Waals surface area contributed by atoms with Crippen LogP contribution in [-0.4, -0.2) is 86.1 Å². The zero-order valence-corrected chi connectivity index (χ0v) is 41.9. The largest absolute Gasteiger partial charge is 0.383 e. The third-order valence-corrected chi connectivity index (χ3v) is 12.8. The molecule has 1 fully saturated rings. The van der Waals surface area contributed by atoms with Crippen molar-refractivity contribution < 1.29 is 29.7 Å². The quantitative estimate of drug-likeness (QED) is 0.197. The summed E-state index contributed by atoms with van der Waals surface area (Å²) in [4.78, 5) is 48.6. The van der Waals surface area contributed by atoms with Gasteiger partial charge >= 0.3 is 0 Å². The van der Waals surface area contributed by atoms with Gasteiger partial charge in [0.2, 0.25) is 0 Å². The Bertz CT molecular complexity index is 1840. The van der Waals surface area contributed by atoms with Gasteiger partial charge in [0.05, 0.1) is 20.0 Å². The standard InChI is InChI=1S/C54H81N3O6/c1-49(2,3)37-25-19-22-34(28-37)40(52(10,11)12)43(58)46(61)55-31-56(47(62)44(59)41(53(13,14)15)35-23-20-26-38(29-35)50(4,5)6)33-57(32-55)48(63)45(60)42(54(16,17)18)36-24-21-27-39(30-36)51(7,8)9/h19-30,40-45,58-60H,31-33H2,1-18H3. The Kier molecular flexibility index (Phi) is 15.1. The lowest BCUT2D eigenvalue weighted by atomic mass is 9.71. The Morgan fingerprint density at radius 1 is 0.397 bits per heavy atom. The molecule has 6 unspecified atom stereocenters. The molecule has 348 valence electrons. The summed E-state index contributed by atoms with van der Waals surface area (Å²) >= 11 is 0. The molecule has 3 aromatic rings. The summed E-state index contributed by atoms with van der Waals surface area (Å²) in [5.41, 5.74) is 3.31. The zero-order chi connectivity index (χ0) is 48.0. The molecule has 4 rings (SSSR count). The number of carbonyl (C=O) groups is 3. The smallest absolute Gasteiger partial charge is 0.254 e. The molecular formula is C54H81N3O6. The van der Waals surface area contributed by atoms with E-state index in [1.165, 1.54) is 14.7 Å². The van der Waals surface area contributed by atoms with Crippen LogP contribution in [0.4, 0.5) is 0 Å². The first-order valence-corrected chi connectivity index (χ1v) is 22.8. The highest BCUT2D eigenvalue weighted by Crippen LogP contribution is 2.43. The van der Waals surface area contributed by atoms with E-state index in [-0.39, 0.29) is 36.3 Å². The highest BCUT2D eigenvalue weighted by molar-refractivity contribution is 5.87. The van der Waals surface area contributed by atoms with Crippen LogP contribution in [0, 0.1) is 16.2 Å². The number of carbonyl (C=O) groups excluding carboxylic acids is 3. The van der Waals surface area contributed by atoms with Crippen molar-refractivity contribution >= 4 is 17.7 Å². The molecule has 0 spiro atoms. The fraction of sp³-hybridized carbons (Fsp3) is 0.611. The minimum absolute atomic E-state index is 0.179. The third-order valence-electron chi connectivity index (χ3n) is 12.8. The predicted molar refractivity (Wildman–Crippen MR) is 255 cm³/mol. The zero-order valence-electron chi connectivity index (χ0n) is 41.9. The summed E-state index contributed by atoms with van der Waals surface area (Å²) in [6, 6.07) is 23.9. The number of nitrogens with zero attached hydrogens (tertiary/aromatic N) is 3. The third kappa shape index (κ3) is 12.2. The maximum atomic E-state index is 14.9. The number of hydrogen-bond donors (Lipinski definition) is 3. The van der Waals surface area contributed by atoms with Crippen LogP contribution < -0.4 is 0 Å². The highest BCUT2D eigenvalue weighted by atomic mass is 16.3. The molecule has 9 nitrogen and oxygen atoms in total. The van der Waals surface area contributed by atoms with Crippen molar-refractivity contribution in [2.75, 3.05) is 20.0 Å². The van der Waals surface area contributed by atoms with E-state index < -0.39 is 70.0 Å². The average molecular weight is 868 g/mol. The van der Waals surface area contributed by atoms with E-state index in [0.29, 0.717) is 0 Å². The van der Waals surface area contributed by atoms with E-state index in [2.05, 4.69) is 62.3 Å². The van der Waals surface area contributed by atoms with E-state index >= 15 is 0 Å². The van der Waals surface area contributed by atoms with Gasteiger partial charge in [0.25, 0.3) is 17.7 Å². The molecule has 0 bridgehead atoms. The molecule has 3 aromatic carbocycles. The number of benzene rings is 3. The molecule has 3 N–H and O–H groups in total. The van der Waals surface area contributed by atoms with Crippen LogP contribution in [0.5, 0.6) is 0 Å². The van der Waals surface area contributed by atoms with E-state index in [9.17, 15) is 29.7 Å². The Morgan fingerprint density at radius 3 is 0.778 bits per heavy atom. The summed E-state index contributed by atoms with van der Waals surface area (Å²) in [5.74, 6) is -3.94. The second-order valence-electron chi connectivity index (χ2n) is 24.6. The molecule has 0 radical (unpaired) electrons. The Balaban J connectivity index is 1.83. The summed E-state index contributed by atoms with van der Waals surface area (Å²) in [5, 5.41) is 36.8. The van der Waals surface area contributed by atoms with Crippen LogP contribution in [0.15, 0.2) is 72.8 Å². The molecule has 0 aromatic heterocycles. The summed E-state index contributed by atoms with van der Waals surface area (Å²) in [7, 11) is 0. The molecule has 1 aliphatic heterocycles. The second kappa shape index (κ2) is 18.4. The summed E-state index contributed by atoms with van der Waals surface area (Å²) in [6.07, 6.45) is -4.65. The Labute approximate surface area is 380 Å². The molecule has 1 heterocycles. The number of aliphatic hydroxyl groups excluding tert-OH is 3. The van der Waals surface area contributed by atoms with Gasteiger partial charge in [0, 0.05) is 17.8 Å². The average Bonchev–Trinajstić information content (AvgIpc) is 3.14. The highest BCUT2D eigenvalue weighted by Gasteiger charge is 2.47. The van der Waals surface area contributed by atoms with Gasteiger partial charge in [-0.05, 0) is 65.9 Å². The number of rotatable bonds is 9. The van der Waals surface area contributed by atoms with Gasteiger partial charge in [-0.25, -0.2) is 0 Å². The van der Waals surface area contributed by atoms with Crippen LogP contribution in [0.25, 0.3) is 0 Å². The first-order chi connectivity index (χ1) is 28.5. The van der Waals surface area contributed by atoms with Crippen LogP contribution in [0.3, 0.4) is 0 Å². The van der Waals surface area contributed by atoms with Crippen molar-refractivity contribution in [1.29, 1.82) is 0 Å². The van der Waals surface area contributed by atoms with Crippen molar-refractivity contribution in [1.82, 2.24) is 14.7 Å². The first kappa shape index (κ1) is 51.6. The number of amides is 3. The topological polar surface area (TPSA) is 122 Å². The predicted octanol–water partition coefficient (Wildman–Crippen LogP) is 9.82. The van der Waals surface area contributed by atoms with Gasteiger partial charge in [0.1, 0.15) is 18.3 Å². The lowest BCUT2D eigenvalue weighted by Crippen LogP contribution is -2.64. The van der Waals surface area contributed by atoms with Crippen molar-refractivity contribution in [3.8, 4) is 0 Å². The van der Waals surface area contributed by atoms with Crippen LogP contribution >= 0.6 is 0 Å². The molecule has 6 atom stereocenters. The molecule has 0 saturated carbocycles. The van der Waals surface area contributed by atoms with Gasteiger partial charge in [-0.3, -0.25) is 14.4 Å². The molecule has 63 heavy (non-hydrogen) atoms. The summed E-state index contributed by atoms with van der Waals surface area (Å²) < 4.78 is 0. The van der Waals surface area contributed by atoms with Gasteiger partial charge in [-0.2, -0.15) is 0 Å². The molecule has 3 amide bonds. The summed E-state index contributed by atoms with van der Waals surface area (Å²) in [6.45, 7) is 36.0. The van der Waals surface area contributed by atoms with Crippen LogP contribution in [0.1, 0.15) is 176 Å². The normalized spacial score (nSPS) is 17.8. The van der Waals surface area contributed by atoms with E-state index in [4.69, 9.17) is 0 Å². The second-order valence-corrected chi connectivity index (χ2v) is 24.6. The Hall–Kier alpha value is -4.05. The van der Waals surface area contributed by atoms with Crippen LogP contribution in [0.2, 0.25) is 0 Å². The van der Waals surface area contributed by atoms with E-state index in [1.54, 1.807) is 0 Å². The van der Waals surface area contributed by atoms with E-state index in [0.717, 1.165) is 33.4 Å². The van der Waals surface area contributed by atoms with Gasteiger partial charge < -0.3 is 30.0 Å². The number of aliphatic hydroxyl groups is 3. The minimum atomic E-state index is -1.55.